The van der Waals surface area contributed by atoms with Crippen LogP contribution in [0, 0.1) is 11.8 Å². The Morgan fingerprint density at radius 2 is 0.657 bits per heavy atom. The van der Waals surface area contributed by atoms with Crippen LogP contribution < -0.4 is 10.4 Å². The van der Waals surface area contributed by atoms with Gasteiger partial charge in [-0.05, 0) is 5.57 Å². The average Bonchev–Trinajstić information content (AvgIpc) is 3.30. The fraction of sp³-hybridized carbons (Fsp3) is 0.122. The van der Waals surface area contributed by atoms with E-state index in [9.17, 15) is 133 Å². The van der Waals surface area contributed by atoms with Crippen molar-refractivity contribution in [1.29, 1.82) is 0 Å². The molecule has 354 valence electrons. The van der Waals surface area contributed by atoms with Crippen molar-refractivity contribution in [3.63, 3.8) is 0 Å². The molecule has 0 aliphatic heterocycles. The molecule has 0 heterocycles. The molecule has 0 spiro atoms. The number of hydrogen-bond acceptors (Lipinski definition) is 26. The molecule has 3 atom stereocenters. The van der Waals surface area contributed by atoms with Crippen molar-refractivity contribution in [2.24, 2.45) is 11.8 Å². The maximum atomic E-state index is 11.9. The smallest absolute Gasteiger partial charge is 0.205 e. The minimum atomic E-state index is -2.56. The van der Waals surface area contributed by atoms with E-state index < -0.39 is 229 Å². The Hall–Kier alpha value is -9.40. The van der Waals surface area contributed by atoms with Crippen LogP contribution in [0.3, 0.4) is 0 Å². The first-order chi connectivity index (χ1) is 31.3. The van der Waals surface area contributed by atoms with Crippen molar-refractivity contribution < 1.29 is 133 Å². The van der Waals surface area contributed by atoms with Gasteiger partial charge in [0.25, 0.3) is 0 Å². The van der Waals surface area contributed by atoms with Crippen LogP contribution in [0.4, 0.5) is 0 Å². The minimum absolute atomic E-state index is 0.0772. The van der Waals surface area contributed by atoms with E-state index in [0.29, 0.717) is 0 Å². The Labute approximate surface area is 367 Å². The number of fused-ring (bicyclic) bond motifs is 3. The predicted molar refractivity (Wildman–Crippen MR) is 219 cm³/mol. The van der Waals surface area contributed by atoms with Gasteiger partial charge in [-0.15, -0.1) is 0 Å². The number of allylic oxidation sites excluding steroid dienone is 1. The monoisotopic (exact) mass is 942 g/mol. The van der Waals surface area contributed by atoms with E-state index in [1.807, 2.05) is 0 Å². The summed E-state index contributed by atoms with van der Waals surface area (Å²) >= 11 is 0. The van der Waals surface area contributed by atoms with Crippen LogP contribution in [0.15, 0.2) is 11.8 Å². The molecule has 0 saturated heterocycles. The van der Waals surface area contributed by atoms with Crippen LogP contribution in [-0.2, 0) is 0 Å². The minimum Gasteiger partial charge on any atom is -0.515 e. The second-order valence-electron chi connectivity index (χ2n) is 14.9. The van der Waals surface area contributed by atoms with Crippen molar-refractivity contribution in [2.75, 3.05) is 13.2 Å². The van der Waals surface area contributed by atoms with E-state index in [4.69, 9.17) is 0 Å². The zero-order chi connectivity index (χ0) is 50.1. The summed E-state index contributed by atoms with van der Waals surface area (Å²) in [4.78, 5) is 0. The summed E-state index contributed by atoms with van der Waals surface area (Å²) in [6.07, 6.45) is -2.44. The number of rotatable bonds is 7. The SMILES string of the molecule is O/C=C1\C(c2c(O)c(O)c(O)c3c(O)c(O)c(O)c(O)c23)=c2c(O)c(O)c(O)c(O)c2=C(c2c(O)c(O)c(O)c(O)c2-c2c(O)c(O)c3c(O)c(O)c(O)c(O)c3c2O)C1[C@@H](CO)[C@@H](O)CO. The van der Waals surface area contributed by atoms with Gasteiger partial charge in [-0.2, -0.15) is 0 Å². The van der Waals surface area contributed by atoms with Gasteiger partial charge in [-0.3, -0.25) is 0 Å². The summed E-state index contributed by atoms with van der Waals surface area (Å²) in [5.74, 6) is -41.8. The van der Waals surface area contributed by atoms with Crippen molar-refractivity contribution in [2.45, 2.75) is 6.10 Å². The zero-order valence-electron chi connectivity index (χ0n) is 32.9. The largest absolute Gasteiger partial charge is 0.515 e. The van der Waals surface area contributed by atoms with Crippen LogP contribution in [-0.4, -0.2) is 152 Å². The molecular weight excluding hydrogens is 908 g/mol. The molecule has 0 fully saturated rings. The first-order valence-electron chi connectivity index (χ1n) is 18.4. The highest BCUT2D eigenvalue weighted by atomic mass is 16.4. The molecule has 1 unspecified atom stereocenters. The number of benzene rings is 6. The van der Waals surface area contributed by atoms with Gasteiger partial charge in [-0.1, -0.05) is 0 Å². The van der Waals surface area contributed by atoms with E-state index in [2.05, 4.69) is 0 Å². The fourth-order valence-corrected chi connectivity index (χ4v) is 8.49. The van der Waals surface area contributed by atoms with Crippen LogP contribution in [0.1, 0.15) is 11.1 Å². The van der Waals surface area contributed by atoms with Crippen LogP contribution in [0.5, 0.6) is 126 Å². The third-order valence-corrected chi connectivity index (χ3v) is 11.6. The lowest BCUT2D eigenvalue weighted by molar-refractivity contribution is 0.0124. The third kappa shape index (κ3) is 5.66. The van der Waals surface area contributed by atoms with Gasteiger partial charge in [0.15, 0.2) is 69.0 Å². The van der Waals surface area contributed by atoms with Crippen LogP contribution >= 0.6 is 0 Å². The third-order valence-electron chi connectivity index (χ3n) is 11.6. The predicted octanol–water partition coefficient (Wildman–Crippen LogP) is -0.385. The molecule has 26 heteroatoms. The lowest BCUT2D eigenvalue weighted by Crippen LogP contribution is -2.44. The molecule has 0 radical (unpaired) electrons. The van der Waals surface area contributed by atoms with E-state index in [-0.39, 0.29) is 6.26 Å². The molecule has 0 amide bonds. The van der Waals surface area contributed by atoms with E-state index >= 15 is 0 Å². The topological polar surface area (TPSA) is 526 Å². The average molecular weight is 943 g/mol. The zero-order valence-corrected chi connectivity index (χ0v) is 32.9. The van der Waals surface area contributed by atoms with E-state index in [1.165, 1.54) is 0 Å². The van der Waals surface area contributed by atoms with Gasteiger partial charge in [0.1, 0.15) is 5.75 Å². The summed E-state index contributed by atoms with van der Waals surface area (Å²) in [5, 5.41) is 280. The Kier molecular flexibility index (Phi) is 10.3. The van der Waals surface area contributed by atoms with Gasteiger partial charge in [-0.25, -0.2) is 0 Å². The number of phenols is 22. The Balaban J connectivity index is 1.94. The van der Waals surface area contributed by atoms with Crippen LogP contribution in [0.2, 0.25) is 0 Å². The molecule has 0 bridgehead atoms. The number of aromatic hydroxyl groups is 22. The molecule has 26 nitrogen and oxygen atoms in total. The normalized spacial score (nSPS) is 15.4. The highest BCUT2D eigenvalue weighted by molar-refractivity contribution is 6.15. The Morgan fingerprint density at radius 1 is 0.328 bits per heavy atom. The number of hydrogen-bond donors (Lipinski definition) is 26. The van der Waals surface area contributed by atoms with Crippen molar-refractivity contribution >= 4 is 32.7 Å². The molecule has 0 aromatic heterocycles. The standard InChI is InChI=1S/C41H34O26/c42-1-4(6(45)3-44)7-5(2-43)8(11-14-17(29(55)33(59)21(11)47)30(56)39(65)38(64)25(14)51)10-12(23(49)35(61)34(60)22(10)48)9(7)13-15(26(52)37(63)36(62)24(13)50)16-20(46)18-19(28(54)27(16)53)32(58)41(67)40(66)31(18)57/h2,4,6-7,42-67H,1,3H2/b5-2-/t4-,6-,7?/m0/s1. The highest BCUT2D eigenvalue weighted by Crippen LogP contribution is 2.65. The fourth-order valence-electron chi connectivity index (χ4n) is 8.49. The number of phenolic OH excluding ortho intramolecular Hbond substituents is 22. The highest BCUT2D eigenvalue weighted by Gasteiger charge is 2.46. The van der Waals surface area contributed by atoms with Gasteiger partial charge < -0.3 is 133 Å². The summed E-state index contributed by atoms with van der Waals surface area (Å²) in [7, 11) is 0. The maximum absolute atomic E-state index is 11.9. The first-order valence-corrected chi connectivity index (χ1v) is 18.4. The van der Waals surface area contributed by atoms with Gasteiger partial charge in [0.05, 0.1) is 40.7 Å². The summed E-state index contributed by atoms with van der Waals surface area (Å²) in [6, 6.07) is 0. The van der Waals surface area contributed by atoms with Gasteiger partial charge >= 0.3 is 0 Å². The Bertz CT molecular complexity index is 3380. The Morgan fingerprint density at radius 3 is 1.10 bits per heavy atom. The van der Waals surface area contributed by atoms with Gasteiger partial charge in [0, 0.05) is 62.1 Å². The lowest BCUT2D eigenvalue weighted by atomic mass is 9.67. The molecule has 0 saturated carbocycles. The van der Waals surface area contributed by atoms with Crippen molar-refractivity contribution in [1.82, 2.24) is 0 Å². The maximum Gasteiger partial charge on any atom is 0.205 e. The summed E-state index contributed by atoms with van der Waals surface area (Å²) < 4.78 is 0. The summed E-state index contributed by atoms with van der Waals surface area (Å²) in [5.41, 5.74) is -9.60. The van der Waals surface area contributed by atoms with Crippen molar-refractivity contribution in [3.05, 3.63) is 33.4 Å². The van der Waals surface area contributed by atoms with E-state index in [0.717, 1.165) is 0 Å². The van der Waals surface area contributed by atoms with Crippen molar-refractivity contribution in [3.8, 4) is 138 Å². The quantitative estimate of drug-likeness (QED) is 0.0551. The molecule has 6 aromatic carbocycles. The lowest BCUT2D eigenvalue weighted by Gasteiger charge is -2.37. The number of aliphatic hydroxyl groups excluding tert-OH is 4. The molecule has 6 aromatic rings. The van der Waals surface area contributed by atoms with E-state index in [1.54, 1.807) is 0 Å². The molecule has 1 aliphatic carbocycles. The molecule has 7 rings (SSSR count). The van der Waals surface area contributed by atoms with Gasteiger partial charge in [0.2, 0.25) is 51.7 Å². The second kappa shape index (κ2) is 15.1. The number of aliphatic hydroxyl groups is 4. The molecule has 67 heavy (non-hydrogen) atoms. The molecule has 1 aliphatic rings. The first kappa shape index (κ1) is 45.6. The molecular formula is C41H34O26. The second-order valence-corrected chi connectivity index (χ2v) is 14.9. The summed E-state index contributed by atoms with van der Waals surface area (Å²) in [6.45, 7) is -2.90. The molecule has 26 N–H and O–H groups in total. The van der Waals surface area contributed by atoms with Crippen LogP contribution in [0.25, 0.3) is 43.8 Å².